The summed E-state index contributed by atoms with van der Waals surface area (Å²) in [6, 6.07) is 2.42. The Balaban J connectivity index is 1.86. The first-order valence-corrected chi connectivity index (χ1v) is 6.03. The standard InChI is InChI=1S/C12H16F3N3/c13-12(14,15)10-3-4-11(18-8-10)17-7-9-2-1-5-16-6-9/h3-4,8-9,16H,1-2,5-7H2,(H,17,18). The van der Waals surface area contributed by atoms with Crippen molar-refractivity contribution in [2.75, 3.05) is 25.0 Å². The average Bonchev–Trinajstić information content (AvgIpc) is 2.37. The van der Waals surface area contributed by atoms with E-state index in [-0.39, 0.29) is 0 Å². The lowest BCUT2D eigenvalue weighted by Gasteiger charge is -2.23. The summed E-state index contributed by atoms with van der Waals surface area (Å²) in [6.45, 7) is 2.74. The molecule has 1 saturated heterocycles. The number of nitrogens with one attached hydrogen (secondary N) is 2. The second-order valence-electron chi connectivity index (χ2n) is 4.52. The van der Waals surface area contributed by atoms with E-state index in [1.54, 1.807) is 0 Å². The van der Waals surface area contributed by atoms with Gasteiger partial charge in [-0.2, -0.15) is 13.2 Å². The normalized spacial score (nSPS) is 20.7. The van der Waals surface area contributed by atoms with Gasteiger partial charge in [-0.1, -0.05) is 0 Å². The highest BCUT2D eigenvalue weighted by molar-refractivity contribution is 5.36. The Morgan fingerprint density at radius 3 is 2.78 bits per heavy atom. The number of rotatable bonds is 3. The summed E-state index contributed by atoms with van der Waals surface area (Å²) in [5, 5.41) is 6.37. The highest BCUT2D eigenvalue weighted by atomic mass is 19.4. The van der Waals surface area contributed by atoms with Crippen molar-refractivity contribution in [1.82, 2.24) is 10.3 Å². The maximum Gasteiger partial charge on any atom is 0.417 e. The first-order chi connectivity index (χ1) is 8.55. The van der Waals surface area contributed by atoms with Gasteiger partial charge in [0.25, 0.3) is 0 Å². The predicted octanol–water partition coefficient (Wildman–Crippen LogP) is 2.51. The summed E-state index contributed by atoms with van der Waals surface area (Å²) < 4.78 is 37.0. The Morgan fingerprint density at radius 1 is 1.39 bits per heavy atom. The molecule has 0 aromatic carbocycles. The molecule has 1 aliphatic rings. The van der Waals surface area contributed by atoms with Crippen LogP contribution in [0.2, 0.25) is 0 Å². The molecule has 1 aromatic heterocycles. The fraction of sp³-hybridized carbons (Fsp3) is 0.583. The van der Waals surface area contributed by atoms with Crippen molar-refractivity contribution < 1.29 is 13.2 Å². The zero-order valence-corrected chi connectivity index (χ0v) is 9.93. The van der Waals surface area contributed by atoms with E-state index in [9.17, 15) is 13.2 Å². The van der Waals surface area contributed by atoms with Crippen molar-refractivity contribution in [2.24, 2.45) is 5.92 Å². The summed E-state index contributed by atoms with van der Waals surface area (Å²) in [4.78, 5) is 3.78. The number of anilines is 1. The number of aromatic nitrogens is 1. The molecule has 2 rings (SSSR count). The lowest BCUT2D eigenvalue weighted by molar-refractivity contribution is -0.137. The van der Waals surface area contributed by atoms with Gasteiger partial charge in [-0.25, -0.2) is 4.98 Å². The van der Waals surface area contributed by atoms with Gasteiger partial charge in [-0.05, 0) is 44.0 Å². The smallest absolute Gasteiger partial charge is 0.370 e. The van der Waals surface area contributed by atoms with E-state index in [4.69, 9.17) is 0 Å². The number of hydrogen-bond acceptors (Lipinski definition) is 3. The van der Waals surface area contributed by atoms with Gasteiger partial charge in [0.05, 0.1) is 5.56 Å². The van der Waals surface area contributed by atoms with Crippen molar-refractivity contribution in [1.29, 1.82) is 0 Å². The van der Waals surface area contributed by atoms with Crippen LogP contribution in [0.15, 0.2) is 18.3 Å². The van der Waals surface area contributed by atoms with Crippen LogP contribution in [0, 0.1) is 5.92 Å². The Kier molecular flexibility index (Phi) is 4.06. The first kappa shape index (κ1) is 13.1. The van der Waals surface area contributed by atoms with Crippen LogP contribution in [0.1, 0.15) is 18.4 Å². The molecule has 3 nitrogen and oxygen atoms in total. The SMILES string of the molecule is FC(F)(F)c1ccc(NCC2CCCNC2)nc1. The Bertz CT molecular complexity index is 369. The van der Waals surface area contributed by atoms with Crippen LogP contribution in [0.4, 0.5) is 19.0 Å². The molecule has 0 bridgehead atoms. The fourth-order valence-corrected chi connectivity index (χ4v) is 2.01. The van der Waals surface area contributed by atoms with E-state index in [2.05, 4.69) is 15.6 Å². The number of pyridine rings is 1. The van der Waals surface area contributed by atoms with Gasteiger partial charge >= 0.3 is 6.18 Å². The maximum atomic E-state index is 12.3. The molecule has 1 aliphatic heterocycles. The van der Waals surface area contributed by atoms with E-state index < -0.39 is 11.7 Å². The Labute approximate surface area is 104 Å². The molecule has 0 saturated carbocycles. The minimum absolute atomic E-state index is 0.494. The molecule has 2 heterocycles. The van der Waals surface area contributed by atoms with Gasteiger partial charge in [0, 0.05) is 12.7 Å². The van der Waals surface area contributed by atoms with Crippen molar-refractivity contribution >= 4 is 5.82 Å². The molecular weight excluding hydrogens is 243 g/mol. The molecule has 0 amide bonds. The predicted molar refractivity (Wildman–Crippen MR) is 63.3 cm³/mol. The number of halogens is 3. The molecule has 1 aromatic rings. The van der Waals surface area contributed by atoms with Crippen LogP contribution in [-0.4, -0.2) is 24.6 Å². The molecule has 0 radical (unpaired) electrons. The molecule has 1 atom stereocenters. The van der Waals surface area contributed by atoms with E-state index in [0.29, 0.717) is 11.7 Å². The van der Waals surface area contributed by atoms with E-state index in [1.807, 2.05) is 0 Å². The lowest BCUT2D eigenvalue weighted by Crippen LogP contribution is -2.33. The molecule has 0 spiro atoms. The largest absolute Gasteiger partial charge is 0.417 e. The van der Waals surface area contributed by atoms with Crippen LogP contribution < -0.4 is 10.6 Å². The monoisotopic (exact) mass is 259 g/mol. The second-order valence-corrected chi connectivity index (χ2v) is 4.52. The summed E-state index contributed by atoms with van der Waals surface area (Å²) in [5.41, 5.74) is -0.715. The van der Waals surface area contributed by atoms with E-state index >= 15 is 0 Å². The molecule has 2 N–H and O–H groups in total. The van der Waals surface area contributed by atoms with Gasteiger partial charge in [-0.15, -0.1) is 0 Å². The quantitative estimate of drug-likeness (QED) is 0.875. The van der Waals surface area contributed by atoms with Gasteiger partial charge in [0.1, 0.15) is 5.82 Å². The molecule has 18 heavy (non-hydrogen) atoms. The summed E-state index contributed by atoms with van der Waals surface area (Å²) in [7, 11) is 0. The van der Waals surface area contributed by atoms with Crippen LogP contribution in [0.5, 0.6) is 0 Å². The molecule has 100 valence electrons. The number of alkyl halides is 3. The zero-order chi connectivity index (χ0) is 13.0. The summed E-state index contributed by atoms with van der Waals surface area (Å²) in [5.74, 6) is 1.01. The second kappa shape index (κ2) is 5.56. The topological polar surface area (TPSA) is 37.0 Å². The van der Waals surface area contributed by atoms with E-state index in [1.165, 1.54) is 6.07 Å². The molecule has 1 unspecified atom stereocenters. The van der Waals surface area contributed by atoms with Crippen LogP contribution >= 0.6 is 0 Å². The molecule has 0 aliphatic carbocycles. The first-order valence-electron chi connectivity index (χ1n) is 6.03. The lowest BCUT2D eigenvalue weighted by atomic mass is 10.00. The van der Waals surface area contributed by atoms with Gasteiger partial charge in [-0.3, -0.25) is 0 Å². The Morgan fingerprint density at radius 2 is 2.22 bits per heavy atom. The van der Waals surface area contributed by atoms with Crippen molar-refractivity contribution in [3.63, 3.8) is 0 Å². The van der Waals surface area contributed by atoms with Crippen molar-refractivity contribution in [3.8, 4) is 0 Å². The molecule has 1 fully saturated rings. The summed E-state index contributed by atoms with van der Waals surface area (Å²) >= 11 is 0. The number of hydrogen-bond donors (Lipinski definition) is 2. The minimum atomic E-state index is -4.32. The third kappa shape index (κ3) is 3.60. The van der Waals surface area contributed by atoms with Crippen LogP contribution in [-0.2, 0) is 6.18 Å². The number of piperidine rings is 1. The summed E-state index contributed by atoms with van der Waals surface area (Å²) in [6.07, 6.45) is -1.17. The third-order valence-corrected chi connectivity index (χ3v) is 3.06. The maximum absolute atomic E-state index is 12.3. The third-order valence-electron chi connectivity index (χ3n) is 3.06. The molecule has 6 heteroatoms. The van der Waals surface area contributed by atoms with Gasteiger partial charge < -0.3 is 10.6 Å². The van der Waals surface area contributed by atoms with Crippen LogP contribution in [0.25, 0.3) is 0 Å². The average molecular weight is 259 g/mol. The van der Waals surface area contributed by atoms with E-state index in [0.717, 1.165) is 44.7 Å². The van der Waals surface area contributed by atoms with Gasteiger partial charge in [0.2, 0.25) is 0 Å². The van der Waals surface area contributed by atoms with Crippen molar-refractivity contribution in [3.05, 3.63) is 23.9 Å². The highest BCUT2D eigenvalue weighted by Crippen LogP contribution is 2.28. The molecular formula is C12H16F3N3. The zero-order valence-electron chi connectivity index (χ0n) is 9.93. The minimum Gasteiger partial charge on any atom is -0.370 e. The Hall–Kier alpha value is -1.30. The highest BCUT2D eigenvalue weighted by Gasteiger charge is 2.30. The number of nitrogens with zero attached hydrogens (tertiary/aromatic N) is 1. The van der Waals surface area contributed by atoms with Gasteiger partial charge in [0.15, 0.2) is 0 Å². The van der Waals surface area contributed by atoms with Crippen LogP contribution in [0.3, 0.4) is 0 Å². The fourth-order valence-electron chi connectivity index (χ4n) is 2.01. The van der Waals surface area contributed by atoms with Crippen molar-refractivity contribution in [2.45, 2.75) is 19.0 Å².